The van der Waals surface area contributed by atoms with Crippen LogP contribution >= 0.6 is 0 Å². The summed E-state index contributed by atoms with van der Waals surface area (Å²) in [6.45, 7) is -1.60. The zero-order chi connectivity index (χ0) is 19.3. The Kier molecular flexibility index (Phi) is 6.19. The van der Waals surface area contributed by atoms with E-state index in [1.165, 1.54) is 36.5 Å². The van der Waals surface area contributed by atoms with Gasteiger partial charge >= 0.3 is 12.1 Å². The quantitative estimate of drug-likeness (QED) is 0.594. The molecule has 0 aliphatic heterocycles. The van der Waals surface area contributed by atoms with Crippen molar-refractivity contribution in [2.45, 2.75) is 31.6 Å². The van der Waals surface area contributed by atoms with Crippen molar-refractivity contribution in [2.75, 3.05) is 7.11 Å². The van der Waals surface area contributed by atoms with Crippen LogP contribution in [0.3, 0.4) is 0 Å². The molecule has 0 saturated heterocycles. The molecule has 0 radical (unpaired) electrons. The van der Waals surface area contributed by atoms with Crippen molar-refractivity contribution in [1.82, 2.24) is 9.78 Å². The van der Waals surface area contributed by atoms with Crippen LogP contribution in [-0.4, -0.2) is 40.2 Å². The Hall–Kier alpha value is -2.62. The van der Waals surface area contributed by atoms with Gasteiger partial charge in [-0.05, 0) is 12.1 Å². The van der Waals surface area contributed by atoms with Gasteiger partial charge in [0.25, 0.3) is 0 Å². The molecule has 1 heterocycles. The number of para-hydroxylation sites is 1. The largest absolute Gasteiger partial charge is 0.487 e. The number of rotatable bonds is 7. The highest BCUT2D eigenvalue weighted by Crippen LogP contribution is 2.31. The summed E-state index contributed by atoms with van der Waals surface area (Å²) in [5, 5.41) is 13.2. The van der Waals surface area contributed by atoms with E-state index in [9.17, 15) is 27.5 Å². The Balaban J connectivity index is 2.15. The number of methoxy groups -OCH3 is 1. The average molecular weight is 376 g/mol. The summed E-state index contributed by atoms with van der Waals surface area (Å²) in [4.78, 5) is 11.3. The molecular weight excluding hydrogens is 360 g/mol. The van der Waals surface area contributed by atoms with Crippen molar-refractivity contribution in [3.8, 4) is 5.75 Å². The molecule has 1 N–H and O–H groups in total. The molecule has 2 rings (SSSR count). The lowest BCUT2D eigenvalue weighted by Crippen LogP contribution is -2.27. The molecule has 0 bridgehead atoms. The van der Waals surface area contributed by atoms with Crippen LogP contribution in [0.4, 0.5) is 17.6 Å². The molecule has 10 heteroatoms. The van der Waals surface area contributed by atoms with Crippen LogP contribution in [0.2, 0.25) is 0 Å². The number of aliphatic hydroxyl groups is 1. The van der Waals surface area contributed by atoms with Gasteiger partial charge in [-0.2, -0.15) is 18.3 Å². The molecule has 6 nitrogen and oxygen atoms in total. The first-order chi connectivity index (χ1) is 12.2. The second kappa shape index (κ2) is 8.17. The van der Waals surface area contributed by atoms with E-state index in [0.717, 1.165) is 11.8 Å². The van der Waals surface area contributed by atoms with Crippen molar-refractivity contribution in [1.29, 1.82) is 0 Å². The molecule has 0 unspecified atom stereocenters. The Morgan fingerprint density at radius 2 is 2.00 bits per heavy atom. The highest BCUT2D eigenvalue weighted by atomic mass is 19.4. The summed E-state index contributed by atoms with van der Waals surface area (Å²) in [5.74, 6) is -1.18. The fraction of sp³-hybridized carbons (Fsp3) is 0.375. The number of halogens is 4. The third-order valence-electron chi connectivity index (χ3n) is 3.45. The van der Waals surface area contributed by atoms with E-state index in [2.05, 4.69) is 9.84 Å². The molecule has 0 fully saturated rings. The number of ether oxygens (including phenoxy) is 2. The van der Waals surface area contributed by atoms with Gasteiger partial charge in [-0.1, -0.05) is 18.2 Å². The molecule has 1 aromatic heterocycles. The van der Waals surface area contributed by atoms with Crippen LogP contribution in [0.25, 0.3) is 0 Å². The lowest BCUT2D eigenvalue weighted by atomic mass is 10.0. The number of aromatic nitrogens is 2. The molecule has 2 aromatic rings. The van der Waals surface area contributed by atoms with E-state index in [-0.39, 0.29) is 23.6 Å². The molecule has 26 heavy (non-hydrogen) atoms. The molecule has 0 saturated carbocycles. The van der Waals surface area contributed by atoms with Gasteiger partial charge in [-0.25, -0.2) is 9.18 Å². The smallest absolute Gasteiger partial charge is 0.408 e. The average Bonchev–Trinajstić information content (AvgIpc) is 3.03. The lowest BCUT2D eigenvalue weighted by Gasteiger charge is -2.18. The summed E-state index contributed by atoms with van der Waals surface area (Å²) >= 11 is 0. The first-order valence-electron chi connectivity index (χ1n) is 7.42. The van der Waals surface area contributed by atoms with E-state index < -0.39 is 31.0 Å². The Morgan fingerprint density at radius 1 is 1.31 bits per heavy atom. The number of hydrogen-bond donors (Lipinski definition) is 1. The topological polar surface area (TPSA) is 73.6 Å². The van der Waals surface area contributed by atoms with Crippen molar-refractivity contribution in [2.24, 2.45) is 0 Å². The van der Waals surface area contributed by atoms with Gasteiger partial charge in [0.2, 0.25) is 0 Å². The molecule has 0 aliphatic carbocycles. The van der Waals surface area contributed by atoms with Crippen molar-refractivity contribution < 1.29 is 36.9 Å². The summed E-state index contributed by atoms with van der Waals surface area (Å²) < 4.78 is 62.3. The standard InChI is InChI=1S/C16H16F4N2O4/c1-25-15(24)14(23)13(17)11-4-2-3-5-12(11)26-8-10-6-7-21-22(10)9-16(18,19)20/h2-7,13-14,23H,8-9H2,1H3/t13-,14+/m1/s1. The molecule has 2 atom stereocenters. The number of alkyl halides is 4. The van der Waals surface area contributed by atoms with Crippen LogP contribution in [0.1, 0.15) is 17.4 Å². The molecular formula is C16H16F4N2O4. The van der Waals surface area contributed by atoms with Gasteiger partial charge in [0, 0.05) is 11.8 Å². The van der Waals surface area contributed by atoms with Crippen LogP contribution in [-0.2, 0) is 22.7 Å². The van der Waals surface area contributed by atoms with Gasteiger partial charge in [-0.15, -0.1) is 0 Å². The summed E-state index contributed by atoms with van der Waals surface area (Å²) in [6, 6.07) is 6.98. The van der Waals surface area contributed by atoms with Gasteiger partial charge < -0.3 is 14.6 Å². The number of carbonyl (C=O) groups excluding carboxylic acids is 1. The van der Waals surface area contributed by atoms with Gasteiger partial charge in [0.1, 0.15) is 18.9 Å². The predicted molar refractivity (Wildman–Crippen MR) is 80.9 cm³/mol. The second-order valence-corrected chi connectivity index (χ2v) is 5.29. The minimum Gasteiger partial charge on any atom is -0.487 e. The maximum atomic E-state index is 14.4. The number of benzene rings is 1. The number of nitrogens with zero attached hydrogens (tertiary/aromatic N) is 2. The molecule has 0 aliphatic rings. The molecule has 0 spiro atoms. The van der Waals surface area contributed by atoms with Crippen LogP contribution < -0.4 is 4.74 Å². The normalized spacial score (nSPS) is 13.9. The van der Waals surface area contributed by atoms with Gasteiger partial charge in [0.05, 0.1) is 12.8 Å². The van der Waals surface area contributed by atoms with E-state index in [1.807, 2.05) is 0 Å². The van der Waals surface area contributed by atoms with Crippen molar-refractivity contribution >= 4 is 5.97 Å². The van der Waals surface area contributed by atoms with Gasteiger partial charge in [0.15, 0.2) is 12.3 Å². The van der Waals surface area contributed by atoms with Crippen LogP contribution in [0.15, 0.2) is 36.5 Å². The van der Waals surface area contributed by atoms with E-state index >= 15 is 0 Å². The van der Waals surface area contributed by atoms with E-state index in [1.54, 1.807) is 0 Å². The first kappa shape index (κ1) is 19.7. The zero-order valence-corrected chi connectivity index (χ0v) is 13.6. The maximum Gasteiger partial charge on any atom is 0.408 e. The highest BCUT2D eigenvalue weighted by molar-refractivity contribution is 5.75. The van der Waals surface area contributed by atoms with Crippen molar-refractivity contribution in [3.63, 3.8) is 0 Å². The Labute approximate surface area is 145 Å². The number of hydrogen-bond acceptors (Lipinski definition) is 5. The third-order valence-corrected chi connectivity index (χ3v) is 3.45. The molecule has 142 valence electrons. The minimum atomic E-state index is -4.45. The minimum absolute atomic E-state index is 0.0253. The number of esters is 1. The maximum absolute atomic E-state index is 14.4. The second-order valence-electron chi connectivity index (χ2n) is 5.29. The van der Waals surface area contributed by atoms with Crippen LogP contribution in [0, 0.1) is 0 Å². The van der Waals surface area contributed by atoms with E-state index in [4.69, 9.17) is 4.74 Å². The van der Waals surface area contributed by atoms with Crippen molar-refractivity contribution in [3.05, 3.63) is 47.8 Å². The van der Waals surface area contributed by atoms with Crippen LogP contribution in [0.5, 0.6) is 5.75 Å². The zero-order valence-electron chi connectivity index (χ0n) is 13.6. The SMILES string of the molecule is COC(=O)[C@@H](O)[C@H](F)c1ccccc1OCc1ccnn1CC(F)(F)F. The number of carbonyl (C=O) groups is 1. The third kappa shape index (κ3) is 4.94. The monoisotopic (exact) mass is 376 g/mol. The fourth-order valence-electron chi connectivity index (χ4n) is 2.20. The predicted octanol–water partition coefficient (Wildman–Crippen LogP) is 2.57. The Bertz CT molecular complexity index is 748. The summed E-state index contributed by atoms with van der Waals surface area (Å²) in [7, 11) is 1.00. The Morgan fingerprint density at radius 3 is 2.65 bits per heavy atom. The molecule has 1 aromatic carbocycles. The summed E-state index contributed by atoms with van der Waals surface area (Å²) in [5.41, 5.74) is -0.00617. The molecule has 0 amide bonds. The fourth-order valence-corrected chi connectivity index (χ4v) is 2.20. The summed E-state index contributed by atoms with van der Waals surface area (Å²) in [6.07, 6.45) is -7.44. The first-order valence-corrected chi connectivity index (χ1v) is 7.42. The van der Waals surface area contributed by atoms with Gasteiger partial charge in [-0.3, -0.25) is 4.68 Å². The number of aliphatic hydroxyl groups excluding tert-OH is 1. The van der Waals surface area contributed by atoms with E-state index in [0.29, 0.717) is 0 Å². The lowest BCUT2D eigenvalue weighted by molar-refractivity contribution is -0.154. The highest BCUT2D eigenvalue weighted by Gasteiger charge is 2.31.